The van der Waals surface area contributed by atoms with Gasteiger partial charge in [0.1, 0.15) is 10.0 Å². The Labute approximate surface area is 128 Å². The number of nitrogens with one attached hydrogen (secondary N) is 1. The highest BCUT2D eigenvalue weighted by molar-refractivity contribution is 7.14. The molecule has 0 aliphatic heterocycles. The predicted molar refractivity (Wildman–Crippen MR) is 84.4 cm³/mol. The van der Waals surface area contributed by atoms with Gasteiger partial charge in [0.2, 0.25) is 0 Å². The van der Waals surface area contributed by atoms with Gasteiger partial charge in [-0.15, -0.1) is 10.2 Å². The van der Waals surface area contributed by atoms with Crippen LogP contribution in [0.5, 0.6) is 0 Å². The van der Waals surface area contributed by atoms with Gasteiger partial charge in [0.05, 0.1) is 0 Å². The largest absolute Gasteiger partial charge is 0.314 e. The van der Waals surface area contributed by atoms with Crippen LogP contribution in [-0.4, -0.2) is 22.8 Å². The summed E-state index contributed by atoms with van der Waals surface area (Å²) in [6.45, 7) is 3.09. The number of hydrogen-bond donors (Lipinski definition) is 1. The average molecular weight is 308 g/mol. The van der Waals surface area contributed by atoms with Crippen LogP contribution >= 0.6 is 22.9 Å². The van der Waals surface area contributed by atoms with E-state index in [4.69, 9.17) is 11.6 Å². The van der Waals surface area contributed by atoms with Gasteiger partial charge in [0.15, 0.2) is 0 Å². The molecule has 20 heavy (non-hydrogen) atoms. The van der Waals surface area contributed by atoms with E-state index >= 15 is 0 Å². The summed E-state index contributed by atoms with van der Waals surface area (Å²) in [5, 5.41) is 15.0. The van der Waals surface area contributed by atoms with E-state index in [1.54, 1.807) is 11.3 Å². The predicted octanol–water partition coefficient (Wildman–Crippen LogP) is 3.85. The molecule has 5 heteroatoms. The highest BCUT2D eigenvalue weighted by atomic mass is 35.5. The monoisotopic (exact) mass is 307 g/mol. The van der Waals surface area contributed by atoms with Gasteiger partial charge in [-0.2, -0.15) is 0 Å². The van der Waals surface area contributed by atoms with E-state index in [0.717, 1.165) is 51.6 Å². The number of rotatable bonds is 6. The summed E-state index contributed by atoms with van der Waals surface area (Å²) in [7, 11) is 0. The number of aromatic nitrogens is 2. The summed E-state index contributed by atoms with van der Waals surface area (Å²) in [5.41, 5.74) is 2.18. The maximum absolute atomic E-state index is 6.05. The second-order valence-electron chi connectivity index (χ2n) is 5.30. The maximum atomic E-state index is 6.05. The molecule has 1 aromatic heterocycles. The first-order valence-electron chi connectivity index (χ1n) is 7.04. The van der Waals surface area contributed by atoms with Crippen molar-refractivity contribution in [2.75, 3.05) is 6.54 Å². The quantitative estimate of drug-likeness (QED) is 0.824. The Kier molecular flexibility index (Phi) is 4.34. The van der Waals surface area contributed by atoms with Gasteiger partial charge in [0.25, 0.3) is 0 Å². The number of nitrogens with zero attached hydrogens (tertiary/aromatic N) is 2. The maximum Gasteiger partial charge on any atom is 0.147 e. The molecular formula is C15H18ClN3S. The Morgan fingerprint density at radius 2 is 2.20 bits per heavy atom. The molecule has 1 heterocycles. The summed E-state index contributed by atoms with van der Waals surface area (Å²) in [6.07, 6.45) is 4.83. The molecule has 1 N–H and O–H groups in total. The molecule has 0 saturated heterocycles. The van der Waals surface area contributed by atoms with E-state index < -0.39 is 0 Å². The number of halogens is 1. The third kappa shape index (κ3) is 3.57. The van der Waals surface area contributed by atoms with Gasteiger partial charge in [-0.25, -0.2) is 0 Å². The molecule has 1 aliphatic carbocycles. The molecule has 3 rings (SSSR count). The van der Waals surface area contributed by atoms with E-state index in [2.05, 4.69) is 21.6 Å². The minimum absolute atomic E-state index is 0.789. The lowest BCUT2D eigenvalue weighted by Crippen LogP contribution is -2.17. The fourth-order valence-electron chi connectivity index (χ4n) is 2.08. The van der Waals surface area contributed by atoms with Gasteiger partial charge >= 0.3 is 0 Å². The lowest BCUT2D eigenvalue weighted by atomic mass is 10.1. The Hall–Kier alpha value is -0.970. The molecule has 3 nitrogen and oxygen atoms in total. The van der Waals surface area contributed by atoms with Crippen molar-refractivity contribution in [3.8, 4) is 10.6 Å². The van der Waals surface area contributed by atoms with Crippen LogP contribution < -0.4 is 5.32 Å². The van der Waals surface area contributed by atoms with Crippen LogP contribution in [0.3, 0.4) is 0 Å². The zero-order valence-corrected chi connectivity index (χ0v) is 13.1. The van der Waals surface area contributed by atoms with E-state index in [-0.39, 0.29) is 0 Å². The normalized spacial score (nSPS) is 14.7. The van der Waals surface area contributed by atoms with Gasteiger partial charge in [-0.3, -0.25) is 0 Å². The molecule has 2 aromatic rings. The van der Waals surface area contributed by atoms with Gasteiger partial charge in [-0.05, 0) is 50.4 Å². The minimum Gasteiger partial charge on any atom is -0.314 e. The standard InChI is InChI=1S/C15H18ClN3S/c1-10-9-11(4-7-13(10)16)15-19-18-14(20-15)3-2-8-17-12-5-6-12/h4,7,9,12,17H,2-3,5-6,8H2,1H3. The molecule has 0 bridgehead atoms. The molecule has 1 aromatic carbocycles. The highest BCUT2D eigenvalue weighted by Gasteiger charge is 2.19. The van der Waals surface area contributed by atoms with Crippen LogP contribution in [0.1, 0.15) is 29.8 Å². The fraction of sp³-hybridized carbons (Fsp3) is 0.467. The summed E-state index contributed by atoms with van der Waals surface area (Å²) in [5.74, 6) is 0. The molecule has 1 saturated carbocycles. The van der Waals surface area contributed by atoms with E-state index in [1.807, 2.05) is 19.1 Å². The summed E-state index contributed by atoms with van der Waals surface area (Å²) < 4.78 is 0. The van der Waals surface area contributed by atoms with Crippen molar-refractivity contribution in [2.24, 2.45) is 0 Å². The second-order valence-corrected chi connectivity index (χ2v) is 6.77. The van der Waals surface area contributed by atoms with Crippen LogP contribution in [-0.2, 0) is 6.42 Å². The first-order chi connectivity index (χ1) is 9.72. The van der Waals surface area contributed by atoms with Crippen molar-refractivity contribution in [1.29, 1.82) is 0 Å². The summed E-state index contributed by atoms with van der Waals surface area (Å²) in [6, 6.07) is 6.79. The van der Waals surface area contributed by atoms with E-state index in [0.29, 0.717) is 0 Å². The topological polar surface area (TPSA) is 37.8 Å². The van der Waals surface area contributed by atoms with Gasteiger partial charge < -0.3 is 5.32 Å². The van der Waals surface area contributed by atoms with Gasteiger partial charge in [0, 0.05) is 23.0 Å². The van der Waals surface area contributed by atoms with Crippen molar-refractivity contribution >= 4 is 22.9 Å². The van der Waals surface area contributed by atoms with E-state index in [1.165, 1.54) is 12.8 Å². The first kappa shape index (κ1) is 14.0. The number of aryl methyl sites for hydroxylation is 2. The van der Waals surface area contributed by atoms with Crippen molar-refractivity contribution in [2.45, 2.75) is 38.6 Å². The van der Waals surface area contributed by atoms with Crippen molar-refractivity contribution in [3.63, 3.8) is 0 Å². The lowest BCUT2D eigenvalue weighted by molar-refractivity contribution is 0.643. The minimum atomic E-state index is 0.789. The third-order valence-electron chi connectivity index (χ3n) is 3.45. The smallest absolute Gasteiger partial charge is 0.147 e. The van der Waals surface area contributed by atoms with Crippen LogP contribution in [0.15, 0.2) is 18.2 Å². The fourth-order valence-corrected chi connectivity index (χ4v) is 3.08. The SMILES string of the molecule is Cc1cc(-c2nnc(CCCNC3CC3)s2)ccc1Cl. The molecule has 0 atom stereocenters. The van der Waals surface area contributed by atoms with Crippen molar-refractivity contribution in [1.82, 2.24) is 15.5 Å². The number of benzene rings is 1. The molecule has 1 fully saturated rings. The van der Waals surface area contributed by atoms with Crippen LogP contribution in [0, 0.1) is 6.92 Å². The Morgan fingerprint density at radius 3 is 2.95 bits per heavy atom. The van der Waals surface area contributed by atoms with E-state index in [9.17, 15) is 0 Å². The van der Waals surface area contributed by atoms with Crippen LogP contribution in [0.4, 0.5) is 0 Å². The zero-order valence-electron chi connectivity index (χ0n) is 11.5. The molecule has 0 radical (unpaired) electrons. The molecule has 106 valence electrons. The highest BCUT2D eigenvalue weighted by Crippen LogP contribution is 2.27. The van der Waals surface area contributed by atoms with Crippen molar-refractivity contribution < 1.29 is 0 Å². The Balaban J connectivity index is 1.58. The molecule has 0 amide bonds. The van der Waals surface area contributed by atoms with Crippen LogP contribution in [0.2, 0.25) is 5.02 Å². The molecule has 0 spiro atoms. The summed E-state index contributed by atoms with van der Waals surface area (Å²) in [4.78, 5) is 0. The molecular weight excluding hydrogens is 290 g/mol. The third-order valence-corrected chi connectivity index (χ3v) is 4.91. The Morgan fingerprint density at radius 1 is 1.35 bits per heavy atom. The van der Waals surface area contributed by atoms with Gasteiger partial charge in [-0.1, -0.05) is 29.0 Å². The second kappa shape index (κ2) is 6.20. The lowest BCUT2D eigenvalue weighted by Gasteiger charge is -2.00. The summed E-state index contributed by atoms with van der Waals surface area (Å²) >= 11 is 7.73. The van der Waals surface area contributed by atoms with Crippen molar-refractivity contribution in [3.05, 3.63) is 33.8 Å². The van der Waals surface area contributed by atoms with Crippen LogP contribution in [0.25, 0.3) is 10.6 Å². The molecule has 0 unspecified atom stereocenters. The zero-order chi connectivity index (χ0) is 13.9. The first-order valence-corrected chi connectivity index (χ1v) is 8.24. The Bertz CT molecular complexity index is 593. The average Bonchev–Trinajstić information content (AvgIpc) is 3.15. The molecule has 1 aliphatic rings. The number of hydrogen-bond acceptors (Lipinski definition) is 4.